The quantitative estimate of drug-likeness (QED) is 0.696. The molecule has 3 heteroatoms. The number of hydrogen-bond donors (Lipinski definition) is 0. The van der Waals surface area contributed by atoms with E-state index in [0.717, 1.165) is 11.3 Å². The molecule has 1 nitrogen and oxygen atoms in total. The van der Waals surface area contributed by atoms with Gasteiger partial charge in [-0.3, -0.25) is 4.39 Å². The molecule has 0 spiro atoms. The second-order valence-electron chi connectivity index (χ2n) is 3.09. The second kappa shape index (κ2) is 5.15. The molecule has 1 radical (unpaired) electrons. The van der Waals surface area contributed by atoms with Crippen molar-refractivity contribution in [2.45, 2.75) is 6.92 Å². The van der Waals surface area contributed by atoms with Gasteiger partial charge >= 0.3 is 0 Å². The van der Waals surface area contributed by atoms with Crippen molar-refractivity contribution in [1.29, 1.82) is 0 Å². The van der Waals surface area contributed by atoms with E-state index in [1.54, 1.807) is 19.2 Å². The van der Waals surface area contributed by atoms with Crippen LogP contribution < -0.4 is 0 Å². The van der Waals surface area contributed by atoms with Crippen LogP contribution in [0.2, 0.25) is 0 Å². The molecule has 0 aliphatic rings. The maximum absolute atomic E-state index is 13.0. The van der Waals surface area contributed by atoms with Crippen LogP contribution in [0.5, 0.6) is 0 Å². The molecule has 0 amide bonds. The first-order valence-corrected chi connectivity index (χ1v) is 4.36. The van der Waals surface area contributed by atoms with Gasteiger partial charge in [-0.2, -0.15) is 0 Å². The molecule has 0 fully saturated rings. The van der Waals surface area contributed by atoms with E-state index in [2.05, 4.69) is 11.1 Å². The van der Waals surface area contributed by atoms with Gasteiger partial charge in [0.2, 0.25) is 0 Å². The monoisotopic (exact) mass is 379 g/mol. The molecule has 1 aromatic carbocycles. The van der Waals surface area contributed by atoms with Crippen LogP contribution in [0.1, 0.15) is 5.56 Å². The number of aromatic nitrogens is 1. The average molecular weight is 378 g/mol. The number of pyridine rings is 1. The SMILES string of the molecule is Cc1cc(-c2ccccn2)[c-]cc1F.[Ir]. The van der Waals surface area contributed by atoms with Crippen molar-refractivity contribution in [1.82, 2.24) is 4.98 Å². The van der Waals surface area contributed by atoms with Gasteiger partial charge in [0.15, 0.2) is 0 Å². The molecule has 0 saturated carbocycles. The summed E-state index contributed by atoms with van der Waals surface area (Å²) < 4.78 is 13.0. The summed E-state index contributed by atoms with van der Waals surface area (Å²) in [6, 6.07) is 11.6. The number of benzene rings is 1. The fraction of sp³-hybridized carbons (Fsp3) is 0.0833. The van der Waals surface area contributed by atoms with Crippen molar-refractivity contribution in [3.63, 3.8) is 0 Å². The number of hydrogen-bond acceptors (Lipinski definition) is 1. The average Bonchev–Trinajstić information content (AvgIpc) is 2.23. The first kappa shape index (κ1) is 12.0. The zero-order valence-corrected chi connectivity index (χ0v) is 10.5. The zero-order valence-electron chi connectivity index (χ0n) is 8.12. The Hall–Kier alpha value is -1.05. The smallest absolute Gasteiger partial charge is 0.0408 e. The Labute approximate surface area is 102 Å². The van der Waals surface area contributed by atoms with Gasteiger partial charge in [0.05, 0.1) is 0 Å². The molecule has 15 heavy (non-hydrogen) atoms. The van der Waals surface area contributed by atoms with E-state index in [1.165, 1.54) is 6.07 Å². The van der Waals surface area contributed by atoms with Gasteiger partial charge in [-0.1, -0.05) is 24.6 Å². The molecule has 0 saturated heterocycles. The van der Waals surface area contributed by atoms with E-state index in [4.69, 9.17) is 0 Å². The largest absolute Gasteiger partial charge is 0.305 e. The summed E-state index contributed by atoms with van der Waals surface area (Å²) in [5.74, 6) is -0.232. The van der Waals surface area contributed by atoms with Crippen molar-refractivity contribution in [2.24, 2.45) is 0 Å². The fourth-order valence-corrected chi connectivity index (χ4v) is 1.25. The molecule has 0 atom stereocenters. The van der Waals surface area contributed by atoms with E-state index in [0.29, 0.717) is 5.56 Å². The van der Waals surface area contributed by atoms with Crippen LogP contribution in [0, 0.1) is 18.8 Å². The van der Waals surface area contributed by atoms with Crippen LogP contribution in [0.25, 0.3) is 11.3 Å². The van der Waals surface area contributed by atoms with Crippen LogP contribution in [-0.2, 0) is 20.1 Å². The normalized spacial score (nSPS) is 9.47. The summed E-state index contributed by atoms with van der Waals surface area (Å²) >= 11 is 0. The predicted octanol–water partition coefficient (Wildman–Crippen LogP) is 2.99. The van der Waals surface area contributed by atoms with Crippen molar-refractivity contribution < 1.29 is 24.5 Å². The van der Waals surface area contributed by atoms with Crippen LogP contribution in [0.4, 0.5) is 4.39 Å². The Kier molecular flexibility index (Phi) is 4.13. The Morgan fingerprint density at radius 3 is 2.73 bits per heavy atom. The van der Waals surface area contributed by atoms with Gasteiger partial charge in [0, 0.05) is 32.1 Å². The molecular formula is C12H9FIrN-. The number of halogens is 1. The maximum Gasteiger partial charge on any atom is 0.0408 e. The van der Waals surface area contributed by atoms with Gasteiger partial charge in [-0.25, -0.2) is 0 Å². The third-order valence-electron chi connectivity index (χ3n) is 2.03. The first-order chi connectivity index (χ1) is 6.77. The van der Waals surface area contributed by atoms with Gasteiger partial charge in [0.1, 0.15) is 0 Å². The van der Waals surface area contributed by atoms with Crippen molar-refractivity contribution in [3.05, 3.63) is 54.0 Å². The van der Waals surface area contributed by atoms with E-state index >= 15 is 0 Å². The first-order valence-electron chi connectivity index (χ1n) is 4.36. The van der Waals surface area contributed by atoms with Crippen molar-refractivity contribution in [2.75, 3.05) is 0 Å². The summed E-state index contributed by atoms with van der Waals surface area (Å²) in [6.07, 6.45) is 1.71. The molecule has 0 bridgehead atoms. The summed E-state index contributed by atoms with van der Waals surface area (Å²) in [7, 11) is 0. The Morgan fingerprint density at radius 1 is 1.33 bits per heavy atom. The Bertz CT molecular complexity index is 443. The summed E-state index contributed by atoms with van der Waals surface area (Å²) in [4.78, 5) is 4.17. The van der Waals surface area contributed by atoms with Crippen LogP contribution in [0.15, 0.2) is 36.5 Å². The second-order valence-corrected chi connectivity index (χ2v) is 3.09. The summed E-state index contributed by atoms with van der Waals surface area (Å²) in [5, 5.41) is 0. The molecule has 0 unspecified atom stereocenters. The summed E-state index contributed by atoms with van der Waals surface area (Å²) in [6.45, 7) is 1.73. The van der Waals surface area contributed by atoms with E-state index < -0.39 is 0 Å². The zero-order chi connectivity index (χ0) is 9.97. The molecule has 1 heterocycles. The minimum absolute atomic E-state index is 0. The maximum atomic E-state index is 13.0. The predicted molar refractivity (Wildman–Crippen MR) is 53.2 cm³/mol. The van der Waals surface area contributed by atoms with Gasteiger partial charge in [-0.05, 0) is 11.8 Å². The summed E-state index contributed by atoms with van der Waals surface area (Å²) in [5.41, 5.74) is 2.25. The Balaban J connectivity index is 0.00000112. The molecular weight excluding hydrogens is 369 g/mol. The van der Waals surface area contributed by atoms with Crippen molar-refractivity contribution >= 4 is 0 Å². The molecule has 2 rings (SSSR count). The van der Waals surface area contributed by atoms with Crippen molar-refractivity contribution in [3.8, 4) is 11.3 Å². The van der Waals surface area contributed by atoms with Crippen LogP contribution >= 0.6 is 0 Å². The standard InChI is InChI=1S/C12H9FN.Ir/c1-9-8-10(5-6-11(9)13)12-4-2-3-7-14-12;/h2-4,6-8H,1H3;/q-1;. The van der Waals surface area contributed by atoms with E-state index in [9.17, 15) is 4.39 Å². The molecule has 79 valence electrons. The number of nitrogens with zero attached hydrogens (tertiary/aromatic N) is 1. The number of rotatable bonds is 1. The fourth-order valence-electron chi connectivity index (χ4n) is 1.25. The third-order valence-corrected chi connectivity index (χ3v) is 2.03. The van der Waals surface area contributed by atoms with Gasteiger partial charge in [-0.15, -0.1) is 23.8 Å². The van der Waals surface area contributed by atoms with Gasteiger partial charge < -0.3 is 4.98 Å². The number of aryl methyl sites for hydroxylation is 1. The topological polar surface area (TPSA) is 12.9 Å². The molecule has 0 aliphatic heterocycles. The van der Waals surface area contributed by atoms with E-state index in [-0.39, 0.29) is 25.9 Å². The molecule has 1 aromatic heterocycles. The molecule has 2 aromatic rings. The Morgan fingerprint density at radius 2 is 2.13 bits per heavy atom. The minimum atomic E-state index is -0.232. The molecule has 0 aliphatic carbocycles. The third kappa shape index (κ3) is 2.71. The van der Waals surface area contributed by atoms with Crippen LogP contribution in [-0.4, -0.2) is 4.98 Å². The molecule has 0 N–H and O–H groups in total. The van der Waals surface area contributed by atoms with Gasteiger partial charge in [0.25, 0.3) is 0 Å². The van der Waals surface area contributed by atoms with E-state index in [1.807, 2.05) is 18.2 Å². The minimum Gasteiger partial charge on any atom is -0.305 e. The van der Waals surface area contributed by atoms with Crippen LogP contribution in [0.3, 0.4) is 0 Å².